The van der Waals surface area contributed by atoms with Crippen LogP contribution in [0, 0.1) is 5.41 Å². The van der Waals surface area contributed by atoms with Crippen LogP contribution in [-0.4, -0.2) is 44.2 Å². The SMILES string of the molecule is COc1ccc(-c2ccc(OCCN3CCCC3)cc2)cc1N(Cc1cc2ccccc2o1)C(=N)N. The average molecular weight is 485 g/mol. The predicted molar refractivity (Wildman–Crippen MR) is 144 cm³/mol. The normalized spacial score (nSPS) is 13.7. The molecule has 4 aromatic rings. The third-order valence-electron chi connectivity index (χ3n) is 6.61. The van der Waals surface area contributed by atoms with E-state index in [0.717, 1.165) is 34.4 Å². The molecule has 3 aromatic carbocycles. The summed E-state index contributed by atoms with van der Waals surface area (Å²) in [5.74, 6) is 2.12. The summed E-state index contributed by atoms with van der Waals surface area (Å²) in [5, 5.41) is 9.27. The molecule has 1 aliphatic heterocycles. The molecular formula is C29H32N4O3. The minimum absolute atomic E-state index is 0.0901. The molecule has 36 heavy (non-hydrogen) atoms. The number of hydrogen-bond donors (Lipinski definition) is 2. The maximum atomic E-state index is 8.26. The lowest BCUT2D eigenvalue weighted by molar-refractivity contribution is 0.238. The monoisotopic (exact) mass is 484 g/mol. The lowest BCUT2D eigenvalue weighted by Gasteiger charge is -2.24. The number of likely N-dealkylation sites (tertiary alicyclic amines) is 1. The number of anilines is 1. The number of nitrogens with two attached hydrogens (primary N) is 1. The first-order valence-electron chi connectivity index (χ1n) is 12.3. The highest BCUT2D eigenvalue weighted by molar-refractivity contribution is 5.95. The van der Waals surface area contributed by atoms with E-state index in [4.69, 9.17) is 25.0 Å². The molecule has 0 spiro atoms. The van der Waals surface area contributed by atoms with Gasteiger partial charge >= 0.3 is 0 Å². The van der Waals surface area contributed by atoms with E-state index in [0.29, 0.717) is 30.3 Å². The molecule has 0 bridgehead atoms. The Labute approximate surface area is 211 Å². The number of methoxy groups -OCH3 is 1. The fourth-order valence-corrected chi connectivity index (χ4v) is 4.69. The second kappa shape index (κ2) is 10.7. The van der Waals surface area contributed by atoms with Gasteiger partial charge in [-0.15, -0.1) is 0 Å². The van der Waals surface area contributed by atoms with Crippen molar-refractivity contribution in [3.63, 3.8) is 0 Å². The zero-order valence-electron chi connectivity index (χ0n) is 20.6. The van der Waals surface area contributed by atoms with Gasteiger partial charge in [0.05, 0.1) is 19.3 Å². The summed E-state index contributed by atoms with van der Waals surface area (Å²) in [6.07, 6.45) is 2.58. The van der Waals surface area contributed by atoms with E-state index < -0.39 is 0 Å². The van der Waals surface area contributed by atoms with Crippen LogP contribution < -0.4 is 20.1 Å². The molecule has 1 aliphatic rings. The predicted octanol–water partition coefficient (Wildman–Crippen LogP) is 5.48. The molecule has 0 saturated carbocycles. The van der Waals surface area contributed by atoms with Gasteiger partial charge in [-0.2, -0.15) is 0 Å². The number of nitrogens with zero attached hydrogens (tertiary/aromatic N) is 2. The average Bonchev–Trinajstić information content (AvgIpc) is 3.57. The Kier molecular flexibility index (Phi) is 7.09. The van der Waals surface area contributed by atoms with Crippen molar-refractivity contribution >= 4 is 22.6 Å². The summed E-state index contributed by atoms with van der Waals surface area (Å²) in [7, 11) is 1.62. The van der Waals surface area contributed by atoms with E-state index >= 15 is 0 Å². The molecule has 7 heteroatoms. The maximum Gasteiger partial charge on any atom is 0.193 e. The number of hydrogen-bond acceptors (Lipinski definition) is 5. The standard InChI is InChI=1S/C29H32N4O3/c1-34-28-13-10-22(21-8-11-24(12-9-21)35-17-16-32-14-4-5-15-32)19-26(28)33(29(30)31)20-25-18-23-6-2-3-7-27(23)36-25/h2-3,6-13,18-19H,4-5,14-17,20H2,1H3,(H3,30,31). The van der Waals surface area contributed by atoms with Crippen LogP contribution in [0.2, 0.25) is 0 Å². The van der Waals surface area contributed by atoms with Crippen molar-refractivity contribution in [1.29, 1.82) is 5.41 Å². The van der Waals surface area contributed by atoms with E-state index in [9.17, 15) is 0 Å². The molecule has 1 saturated heterocycles. The zero-order valence-corrected chi connectivity index (χ0v) is 20.6. The number of nitrogens with one attached hydrogen (secondary N) is 1. The first-order valence-corrected chi connectivity index (χ1v) is 12.3. The number of rotatable bonds is 9. The van der Waals surface area contributed by atoms with E-state index in [1.54, 1.807) is 12.0 Å². The molecule has 0 atom stereocenters. The molecular weight excluding hydrogens is 452 g/mol. The van der Waals surface area contributed by atoms with Crippen molar-refractivity contribution in [1.82, 2.24) is 4.90 Å². The Morgan fingerprint density at radius 3 is 2.47 bits per heavy atom. The van der Waals surface area contributed by atoms with Gasteiger partial charge < -0.3 is 24.5 Å². The van der Waals surface area contributed by atoms with Crippen LogP contribution >= 0.6 is 0 Å². The minimum Gasteiger partial charge on any atom is -0.495 e. The summed E-state index contributed by atoms with van der Waals surface area (Å²) in [6.45, 7) is 4.33. The lowest BCUT2D eigenvalue weighted by Crippen LogP contribution is -2.36. The lowest BCUT2D eigenvalue weighted by atomic mass is 10.0. The van der Waals surface area contributed by atoms with Crippen molar-refractivity contribution in [3.8, 4) is 22.6 Å². The van der Waals surface area contributed by atoms with E-state index in [2.05, 4.69) is 4.90 Å². The van der Waals surface area contributed by atoms with E-state index in [1.165, 1.54) is 25.9 Å². The largest absolute Gasteiger partial charge is 0.495 e. The maximum absolute atomic E-state index is 8.26. The van der Waals surface area contributed by atoms with Crippen molar-refractivity contribution in [2.24, 2.45) is 5.73 Å². The minimum atomic E-state index is -0.0901. The zero-order chi connectivity index (χ0) is 24.9. The van der Waals surface area contributed by atoms with Crippen LogP contribution in [0.1, 0.15) is 18.6 Å². The van der Waals surface area contributed by atoms with Gasteiger partial charge in [0.15, 0.2) is 5.96 Å². The number of guanidine groups is 1. The molecule has 0 radical (unpaired) electrons. The highest BCUT2D eigenvalue weighted by Crippen LogP contribution is 2.35. The van der Waals surface area contributed by atoms with Crippen LogP contribution in [0.25, 0.3) is 22.1 Å². The number of benzene rings is 3. The molecule has 5 rings (SSSR count). The first-order chi connectivity index (χ1) is 17.6. The van der Waals surface area contributed by atoms with Crippen LogP contribution in [0.5, 0.6) is 11.5 Å². The molecule has 1 fully saturated rings. The quantitative estimate of drug-likeness (QED) is 0.242. The highest BCUT2D eigenvalue weighted by Gasteiger charge is 2.19. The Morgan fingerprint density at radius 2 is 1.75 bits per heavy atom. The van der Waals surface area contributed by atoms with Gasteiger partial charge in [-0.25, -0.2) is 0 Å². The molecule has 0 amide bonds. The molecule has 7 nitrogen and oxygen atoms in total. The van der Waals surface area contributed by atoms with E-state index in [-0.39, 0.29) is 5.96 Å². The molecule has 2 heterocycles. The summed E-state index contributed by atoms with van der Waals surface area (Å²) >= 11 is 0. The summed E-state index contributed by atoms with van der Waals surface area (Å²) < 4.78 is 17.6. The molecule has 1 aromatic heterocycles. The molecule has 3 N–H and O–H groups in total. The third kappa shape index (κ3) is 5.31. The number of ether oxygens (including phenoxy) is 2. The Balaban J connectivity index is 1.35. The van der Waals surface area contributed by atoms with Crippen LogP contribution in [0.4, 0.5) is 5.69 Å². The van der Waals surface area contributed by atoms with Gasteiger partial charge in [0.2, 0.25) is 0 Å². The third-order valence-corrected chi connectivity index (χ3v) is 6.61. The van der Waals surface area contributed by atoms with Crippen LogP contribution in [-0.2, 0) is 6.54 Å². The van der Waals surface area contributed by atoms with Gasteiger partial charge in [-0.05, 0) is 73.5 Å². The second-order valence-corrected chi connectivity index (χ2v) is 9.03. The number of para-hydroxylation sites is 1. The van der Waals surface area contributed by atoms with E-state index in [1.807, 2.05) is 72.8 Å². The van der Waals surface area contributed by atoms with Crippen LogP contribution in [0.15, 0.2) is 77.2 Å². The fourth-order valence-electron chi connectivity index (χ4n) is 4.69. The van der Waals surface area contributed by atoms with Crippen molar-refractivity contribution in [2.75, 3.05) is 38.3 Å². The number of furan rings is 1. The van der Waals surface area contributed by atoms with Crippen molar-refractivity contribution in [2.45, 2.75) is 19.4 Å². The first kappa shape index (κ1) is 23.8. The smallest absolute Gasteiger partial charge is 0.193 e. The van der Waals surface area contributed by atoms with Crippen molar-refractivity contribution in [3.05, 3.63) is 78.6 Å². The second-order valence-electron chi connectivity index (χ2n) is 9.03. The van der Waals surface area contributed by atoms with Crippen LogP contribution in [0.3, 0.4) is 0 Å². The van der Waals surface area contributed by atoms with Gasteiger partial charge in [0, 0.05) is 11.9 Å². The summed E-state index contributed by atoms with van der Waals surface area (Å²) in [6, 6.07) is 23.8. The Bertz CT molecular complexity index is 1290. The van der Waals surface area contributed by atoms with Gasteiger partial charge in [-0.3, -0.25) is 10.3 Å². The Hall–Kier alpha value is -3.97. The fraction of sp³-hybridized carbons (Fsp3) is 0.276. The number of fused-ring (bicyclic) bond motifs is 1. The van der Waals surface area contributed by atoms with Gasteiger partial charge in [-0.1, -0.05) is 36.4 Å². The topological polar surface area (TPSA) is 88.0 Å². The molecule has 0 unspecified atom stereocenters. The summed E-state index contributed by atoms with van der Waals surface area (Å²) in [5.41, 5.74) is 9.57. The Morgan fingerprint density at radius 1 is 1.00 bits per heavy atom. The summed E-state index contributed by atoms with van der Waals surface area (Å²) in [4.78, 5) is 4.13. The highest BCUT2D eigenvalue weighted by atomic mass is 16.5. The molecule has 0 aliphatic carbocycles. The van der Waals surface area contributed by atoms with Gasteiger partial charge in [0.1, 0.15) is 29.4 Å². The van der Waals surface area contributed by atoms with Crippen molar-refractivity contribution < 1.29 is 13.9 Å². The molecule has 186 valence electrons. The van der Waals surface area contributed by atoms with Gasteiger partial charge in [0.25, 0.3) is 0 Å².